The molecule has 9 atom stereocenters. The van der Waals surface area contributed by atoms with Gasteiger partial charge in [-0.05, 0) is 87.4 Å². The zero-order valence-corrected chi connectivity index (χ0v) is 17.4. The monoisotopic (exact) mass is 376 g/mol. The van der Waals surface area contributed by atoms with E-state index in [0.29, 0.717) is 23.7 Å². The number of fused-ring (bicyclic) bond motifs is 4. The predicted octanol–water partition coefficient (Wildman–Crippen LogP) is 4.75. The second kappa shape index (κ2) is 7.08. The topological polar surface area (TPSA) is 52.6 Å². The Balaban J connectivity index is 1.27. The molecule has 0 aliphatic heterocycles. The molecule has 4 saturated carbocycles. The highest BCUT2D eigenvalue weighted by molar-refractivity contribution is 5.75. The van der Waals surface area contributed by atoms with E-state index in [-0.39, 0.29) is 29.9 Å². The summed E-state index contributed by atoms with van der Waals surface area (Å²) in [5.41, 5.74) is -0.250. The van der Waals surface area contributed by atoms with Gasteiger partial charge in [0.1, 0.15) is 11.7 Å². The molecule has 4 bridgehead atoms. The first-order valence-corrected chi connectivity index (χ1v) is 11.2. The van der Waals surface area contributed by atoms with Crippen molar-refractivity contribution in [1.82, 2.24) is 0 Å². The van der Waals surface area contributed by atoms with Gasteiger partial charge < -0.3 is 9.47 Å². The van der Waals surface area contributed by atoms with Gasteiger partial charge in [0.25, 0.3) is 0 Å². The first-order valence-electron chi connectivity index (χ1n) is 11.2. The normalized spacial score (nSPS) is 45.9. The standard InChI is InChI=1S/C23H36O4/c1-5-23(12-16-6-7-18(23)9-16)27-21(24)8-13(2)26-22(25)20-11-17-10-19(20)15(4)14(17)3/h13-20H,5-12H2,1-4H3. The molecule has 4 rings (SSSR count). The Kier molecular flexibility index (Phi) is 5.05. The van der Waals surface area contributed by atoms with Crippen molar-refractivity contribution in [2.75, 3.05) is 0 Å². The minimum absolute atomic E-state index is 0.0345. The molecule has 4 aliphatic carbocycles. The molecule has 4 fully saturated rings. The molecule has 0 spiro atoms. The van der Waals surface area contributed by atoms with E-state index < -0.39 is 6.10 Å². The number of carbonyl (C=O) groups excluding carboxylic acids is 2. The van der Waals surface area contributed by atoms with Gasteiger partial charge in [-0.15, -0.1) is 0 Å². The van der Waals surface area contributed by atoms with E-state index >= 15 is 0 Å². The Morgan fingerprint density at radius 1 is 1.11 bits per heavy atom. The average molecular weight is 377 g/mol. The van der Waals surface area contributed by atoms with E-state index in [2.05, 4.69) is 20.8 Å². The fraction of sp³-hybridized carbons (Fsp3) is 0.913. The Morgan fingerprint density at radius 3 is 2.44 bits per heavy atom. The molecule has 9 unspecified atom stereocenters. The summed E-state index contributed by atoms with van der Waals surface area (Å²) in [6.45, 7) is 8.55. The summed E-state index contributed by atoms with van der Waals surface area (Å²) in [6, 6.07) is 0. The summed E-state index contributed by atoms with van der Waals surface area (Å²) in [4.78, 5) is 25.2. The van der Waals surface area contributed by atoms with Crippen LogP contribution in [0, 0.1) is 41.4 Å². The van der Waals surface area contributed by atoms with Crippen LogP contribution in [0.25, 0.3) is 0 Å². The maximum Gasteiger partial charge on any atom is 0.310 e. The van der Waals surface area contributed by atoms with Crippen molar-refractivity contribution in [2.24, 2.45) is 41.4 Å². The smallest absolute Gasteiger partial charge is 0.310 e. The highest BCUT2D eigenvalue weighted by atomic mass is 16.6. The molecule has 0 saturated heterocycles. The summed E-state index contributed by atoms with van der Waals surface area (Å²) < 4.78 is 11.7. The zero-order chi connectivity index (χ0) is 19.3. The lowest BCUT2D eigenvalue weighted by Gasteiger charge is -2.36. The van der Waals surface area contributed by atoms with Gasteiger partial charge in [0.05, 0.1) is 12.3 Å². The van der Waals surface area contributed by atoms with Crippen molar-refractivity contribution in [3.8, 4) is 0 Å². The number of ether oxygens (including phenoxy) is 2. The number of esters is 2. The lowest BCUT2D eigenvalue weighted by atomic mass is 9.76. The molecule has 27 heavy (non-hydrogen) atoms. The van der Waals surface area contributed by atoms with E-state index in [4.69, 9.17) is 9.47 Å². The predicted molar refractivity (Wildman–Crippen MR) is 103 cm³/mol. The zero-order valence-electron chi connectivity index (χ0n) is 17.4. The average Bonchev–Trinajstić information content (AvgIpc) is 3.37. The molecule has 0 amide bonds. The van der Waals surface area contributed by atoms with Crippen LogP contribution in [0.15, 0.2) is 0 Å². The lowest BCUT2D eigenvalue weighted by Crippen LogP contribution is -2.40. The van der Waals surface area contributed by atoms with Crippen molar-refractivity contribution < 1.29 is 19.1 Å². The molecule has 152 valence electrons. The van der Waals surface area contributed by atoms with Crippen LogP contribution in [0.1, 0.15) is 79.1 Å². The SMILES string of the molecule is CCC1(OC(=O)CC(C)OC(=O)C2CC3CC2C(C)C3C)CC2CCC1C2. The maximum atomic E-state index is 12.7. The number of hydrogen-bond acceptors (Lipinski definition) is 4. The van der Waals surface area contributed by atoms with Gasteiger partial charge in [-0.1, -0.05) is 20.8 Å². The number of hydrogen-bond donors (Lipinski definition) is 0. The Morgan fingerprint density at radius 2 is 1.89 bits per heavy atom. The van der Waals surface area contributed by atoms with Gasteiger partial charge in [-0.25, -0.2) is 0 Å². The molecule has 0 radical (unpaired) electrons. The van der Waals surface area contributed by atoms with Crippen LogP contribution in [-0.2, 0) is 19.1 Å². The molecule has 4 aliphatic rings. The largest absolute Gasteiger partial charge is 0.462 e. The Labute approximate surface area is 163 Å². The summed E-state index contributed by atoms with van der Waals surface area (Å²) in [6.07, 6.45) is 7.53. The summed E-state index contributed by atoms with van der Waals surface area (Å²) in [5, 5.41) is 0. The van der Waals surface area contributed by atoms with Gasteiger partial charge in [-0.2, -0.15) is 0 Å². The molecule has 0 N–H and O–H groups in total. The molecular weight excluding hydrogens is 340 g/mol. The third-order valence-corrected chi connectivity index (χ3v) is 8.81. The highest BCUT2D eigenvalue weighted by Gasteiger charge is 2.53. The first kappa shape index (κ1) is 19.3. The minimum Gasteiger partial charge on any atom is -0.462 e. The van der Waals surface area contributed by atoms with E-state index in [1.807, 2.05) is 6.92 Å². The van der Waals surface area contributed by atoms with Crippen molar-refractivity contribution in [2.45, 2.75) is 90.8 Å². The maximum absolute atomic E-state index is 12.7. The van der Waals surface area contributed by atoms with Crippen LogP contribution in [0.3, 0.4) is 0 Å². The van der Waals surface area contributed by atoms with Crippen molar-refractivity contribution in [3.63, 3.8) is 0 Å². The second-order valence-corrected chi connectivity index (χ2v) is 10.1. The minimum atomic E-state index is -0.399. The Hall–Kier alpha value is -1.06. The quantitative estimate of drug-likeness (QED) is 0.628. The molecule has 0 aromatic rings. The van der Waals surface area contributed by atoms with Gasteiger partial charge in [-0.3, -0.25) is 9.59 Å². The summed E-state index contributed by atoms with van der Waals surface area (Å²) in [7, 11) is 0. The van der Waals surface area contributed by atoms with Gasteiger partial charge in [0.15, 0.2) is 0 Å². The molecular formula is C23H36O4. The lowest BCUT2D eigenvalue weighted by molar-refractivity contribution is -0.171. The van der Waals surface area contributed by atoms with Crippen molar-refractivity contribution >= 4 is 11.9 Å². The van der Waals surface area contributed by atoms with Crippen LogP contribution in [-0.4, -0.2) is 23.6 Å². The van der Waals surface area contributed by atoms with Gasteiger partial charge in [0, 0.05) is 0 Å². The van der Waals surface area contributed by atoms with E-state index in [9.17, 15) is 9.59 Å². The second-order valence-electron chi connectivity index (χ2n) is 10.1. The van der Waals surface area contributed by atoms with Gasteiger partial charge in [0.2, 0.25) is 0 Å². The number of rotatable bonds is 6. The van der Waals surface area contributed by atoms with Crippen LogP contribution in [0.2, 0.25) is 0 Å². The Bertz CT molecular complexity index is 599. The molecule has 4 heteroatoms. The van der Waals surface area contributed by atoms with Crippen LogP contribution in [0.5, 0.6) is 0 Å². The van der Waals surface area contributed by atoms with Crippen LogP contribution >= 0.6 is 0 Å². The summed E-state index contributed by atoms with van der Waals surface area (Å²) in [5.74, 6) is 3.48. The molecule has 4 nitrogen and oxygen atoms in total. The fourth-order valence-electron chi connectivity index (χ4n) is 7.07. The molecule has 0 heterocycles. The molecule has 0 aromatic heterocycles. The fourth-order valence-corrected chi connectivity index (χ4v) is 7.07. The summed E-state index contributed by atoms with van der Waals surface area (Å²) >= 11 is 0. The third kappa shape index (κ3) is 3.31. The van der Waals surface area contributed by atoms with E-state index in [0.717, 1.165) is 31.1 Å². The van der Waals surface area contributed by atoms with Crippen molar-refractivity contribution in [3.05, 3.63) is 0 Å². The highest BCUT2D eigenvalue weighted by Crippen LogP contribution is 2.55. The first-order chi connectivity index (χ1) is 12.8. The van der Waals surface area contributed by atoms with Crippen molar-refractivity contribution in [1.29, 1.82) is 0 Å². The third-order valence-electron chi connectivity index (χ3n) is 8.81. The van der Waals surface area contributed by atoms with E-state index in [1.165, 1.54) is 25.7 Å². The van der Waals surface area contributed by atoms with Crippen LogP contribution < -0.4 is 0 Å². The molecule has 0 aromatic carbocycles. The number of carbonyl (C=O) groups is 2. The van der Waals surface area contributed by atoms with E-state index in [1.54, 1.807) is 0 Å². The van der Waals surface area contributed by atoms with Crippen LogP contribution in [0.4, 0.5) is 0 Å². The van der Waals surface area contributed by atoms with Gasteiger partial charge >= 0.3 is 11.9 Å².